The zero-order valence-corrected chi connectivity index (χ0v) is 17.4. The predicted octanol–water partition coefficient (Wildman–Crippen LogP) is 4.89. The van der Waals surface area contributed by atoms with Crippen molar-refractivity contribution in [3.8, 4) is 0 Å². The molecule has 0 N–H and O–H groups in total. The summed E-state index contributed by atoms with van der Waals surface area (Å²) in [7, 11) is 0. The summed E-state index contributed by atoms with van der Waals surface area (Å²) in [4.78, 5) is 5.27. The third-order valence-corrected chi connectivity index (χ3v) is 6.84. The molecule has 2 saturated heterocycles. The van der Waals surface area contributed by atoms with Crippen molar-refractivity contribution in [1.29, 1.82) is 0 Å². The van der Waals surface area contributed by atoms with E-state index in [0.717, 1.165) is 17.8 Å². The van der Waals surface area contributed by atoms with Gasteiger partial charge < -0.3 is 0 Å². The van der Waals surface area contributed by atoms with Crippen LogP contribution in [0.15, 0.2) is 0 Å². The Morgan fingerprint density at radius 3 is 1.65 bits per heavy atom. The van der Waals surface area contributed by atoms with Crippen LogP contribution in [0.2, 0.25) is 0 Å². The fourth-order valence-electron chi connectivity index (χ4n) is 3.98. The molecule has 2 fully saturated rings. The Bertz CT molecular complexity index is 387. The Labute approximate surface area is 146 Å². The molecule has 0 spiro atoms. The maximum Gasteiger partial charge on any atom is 0.0125 e. The predicted molar refractivity (Wildman–Crippen MR) is 102 cm³/mol. The van der Waals surface area contributed by atoms with E-state index in [9.17, 15) is 0 Å². The first-order valence-corrected chi connectivity index (χ1v) is 9.81. The lowest BCUT2D eigenvalue weighted by Crippen LogP contribution is -2.60. The summed E-state index contributed by atoms with van der Waals surface area (Å²) in [6, 6.07) is 0. The number of rotatable bonds is 5. The third kappa shape index (κ3) is 4.51. The Balaban J connectivity index is 1.71. The average Bonchev–Trinajstić information content (AvgIpc) is 2.17. The van der Waals surface area contributed by atoms with E-state index in [1.165, 1.54) is 39.0 Å². The first-order chi connectivity index (χ1) is 10.3. The summed E-state index contributed by atoms with van der Waals surface area (Å²) >= 11 is 0. The molecule has 0 bridgehead atoms. The van der Waals surface area contributed by atoms with E-state index in [2.05, 4.69) is 72.1 Å². The van der Waals surface area contributed by atoms with Crippen molar-refractivity contribution in [2.75, 3.05) is 26.2 Å². The molecule has 2 rings (SSSR count). The minimum Gasteiger partial charge on any atom is -0.298 e. The first kappa shape index (κ1) is 19.2. The van der Waals surface area contributed by atoms with E-state index in [1.807, 2.05) is 0 Å². The van der Waals surface area contributed by atoms with Gasteiger partial charge in [-0.3, -0.25) is 9.80 Å². The molecule has 2 nitrogen and oxygen atoms in total. The van der Waals surface area contributed by atoms with Crippen LogP contribution in [0.4, 0.5) is 0 Å². The number of hydrogen-bond donors (Lipinski definition) is 0. The zero-order chi connectivity index (χ0) is 17.6. The Kier molecular flexibility index (Phi) is 5.30. The first-order valence-electron chi connectivity index (χ1n) is 9.81. The van der Waals surface area contributed by atoms with Crippen LogP contribution < -0.4 is 0 Å². The molecule has 0 amide bonds. The van der Waals surface area contributed by atoms with E-state index in [1.54, 1.807) is 0 Å². The summed E-state index contributed by atoms with van der Waals surface area (Å²) < 4.78 is 0. The molecule has 2 heterocycles. The number of hydrogen-bond acceptors (Lipinski definition) is 2. The standard InChI is InChI=1S/C21H42N2/c1-16(17-12-22(13-17)19(2,3)4)10-11-21(8,9)18-14-23(15-18)20(5,6)7/h16-18H,10-15H2,1-9H3. The van der Waals surface area contributed by atoms with E-state index >= 15 is 0 Å². The second-order valence-corrected chi connectivity index (χ2v) is 11.1. The van der Waals surface area contributed by atoms with Crippen LogP contribution >= 0.6 is 0 Å². The van der Waals surface area contributed by atoms with Crippen molar-refractivity contribution in [3.05, 3.63) is 0 Å². The molecular formula is C21H42N2. The van der Waals surface area contributed by atoms with E-state index in [-0.39, 0.29) is 0 Å². The van der Waals surface area contributed by atoms with Crippen LogP contribution in [-0.4, -0.2) is 47.1 Å². The van der Waals surface area contributed by atoms with Crippen molar-refractivity contribution >= 4 is 0 Å². The molecule has 1 unspecified atom stereocenters. The quantitative estimate of drug-likeness (QED) is 0.711. The molecule has 0 saturated carbocycles. The molecular weight excluding hydrogens is 280 g/mol. The van der Waals surface area contributed by atoms with Crippen molar-refractivity contribution in [2.45, 2.75) is 86.2 Å². The van der Waals surface area contributed by atoms with E-state index in [4.69, 9.17) is 0 Å². The molecule has 0 aromatic heterocycles. The van der Waals surface area contributed by atoms with Crippen LogP contribution in [0.3, 0.4) is 0 Å². The molecule has 0 radical (unpaired) electrons. The molecule has 0 aromatic carbocycles. The Morgan fingerprint density at radius 2 is 1.22 bits per heavy atom. The third-order valence-electron chi connectivity index (χ3n) is 6.84. The maximum absolute atomic E-state index is 2.63. The molecule has 0 aliphatic carbocycles. The lowest BCUT2D eigenvalue weighted by Gasteiger charge is -2.54. The van der Waals surface area contributed by atoms with Crippen molar-refractivity contribution in [2.24, 2.45) is 23.2 Å². The van der Waals surface area contributed by atoms with E-state index in [0.29, 0.717) is 16.5 Å². The summed E-state index contributed by atoms with van der Waals surface area (Å²) in [6.45, 7) is 26.8. The summed E-state index contributed by atoms with van der Waals surface area (Å²) in [5, 5.41) is 0. The van der Waals surface area contributed by atoms with Gasteiger partial charge in [0.15, 0.2) is 0 Å². The lowest BCUT2D eigenvalue weighted by molar-refractivity contribution is -0.0500. The van der Waals surface area contributed by atoms with Crippen LogP contribution in [0.5, 0.6) is 0 Å². The zero-order valence-electron chi connectivity index (χ0n) is 17.4. The normalized spacial score (nSPS) is 24.4. The van der Waals surface area contributed by atoms with Gasteiger partial charge >= 0.3 is 0 Å². The molecule has 1 atom stereocenters. The van der Waals surface area contributed by atoms with Gasteiger partial charge in [0.25, 0.3) is 0 Å². The summed E-state index contributed by atoms with van der Waals surface area (Å²) in [5.74, 6) is 2.70. The maximum atomic E-state index is 2.63. The lowest BCUT2D eigenvalue weighted by atomic mass is 9.68. The van der Waals surface area contributed by atoms with Gasteiger partial charge in [-0.05, 0) is 77.6 Å². The van der Waals surface area contributed by atoms with Gasteiger partial charge in [-0.1, -0.05) is 20.8 Å². The van der Waals surface area contributed by atoms with Crippen molar-refractivity contribution < 1.29 is 0 Å². The second-order valence-electron chi connectivity index (χ2n) is 11.1. The molecule has 2 heteroatoms. The molecule has 23 heavy (non-hydrogen) atoms. The van der Waals surface area contributed by atoms with Gasteiger partial charge in [0.05, 0.1) is 0 Å². The highest BCUT2D eigenvalue weighted by atomic mass is 15.2. The average molecular weight is 323 g/mol. The van der Waals surface area contributed by atoms with Gasteiger partial charge in [0.1, 0.15) is 0 Å². The van der Waals surface area contributed by atoms with Crippen LogP contribution in [-0.2, 0) is 0 Å². The minimum atomic E-state index is 0.349. The fraction of sp³-hybridized carbons (Fsp3) is 1.00. The SMILES string of the molecule is CC(CCC(C)(C)C1CN(C(C)(C)C)C1)C1CN(C(C)(C)C)C1. The molecule has 2 aliphatic rings. The summed E-state index contributed by atoms with van der Waals surface area (Å²) in [5.41, 5.74) is 1.21. The number of nitrogens with zero attached hydrogens (tertiary/aromatic N) is 2. The summed E-state index contributed by atoms with van der Waals surface area (Å²) in [6.07, 6.45) is 2.80. The van der Waals surface area contributed by atoms with Gasteiger partial charge in [-0.25, -0.2) is 0 Å². The fourth-order valence-corrected chi connectivity index (χ4v) is 3.98. The van der Waals surface area contributed by atoms with Crippen molar-refractivity contribution in [3.63, 3.8) is 0 Å². The number of likely N-dealkylation sites (tertiary alicyclic amines) is 2. The highest BCUT2D eigenvalue weighted by molar-refractivity contribution is 4.96. The van der Waals surface area contributed by atoms with Gasteiger partial charge in [-0.2, -0.15) is 0 Å². The topological polar surface area (TPSA) is 6.48 Å². The van der Waals surface area contributed by atoms with Crippen molar-refractivity contribution in [1.82, 2.24) is 9.80 Å². The highest BCUT2D eigenvalue weighted by Crippen LogP contribution is 2.42. The Hall–Kier alpha value is -0.0800. The smallest absolute Gasteiger partial charge is 0.0125 e. The minimum absolute atomic E-state index is 0.349. The largest absolute Gasteiger partial charge is 0.298 e. The molecule has 2 aliphatic heterocycles. The second kappa shape index (κ2) is 6.33. The van der Waals surface area contributed by atoms with E-state index < -0.39 is 0 Å². The van der Waals surface area contributed by atoms with Gasteiger partial charge in [0.2, 0.25) is 0 Å². The molecule has 0 aromatic rings. The van der Waals surface area contributed by atoms with Crippen LogP contribution in [0, 0.1) is 23.2 Å². The van der Waals surface area contributed by atoms with Crippen LogP contribution in [0.1, 0.15) is 75.2 Å². The monoisotopic (exact) mass is 322 g/mol. The van der Waals surface area contributed by atoms with Crippen LogP contribution in [0.25, 0.3) is 0 Å². The van der Waals surface area contributed by atoms with Gasteiger partial charge in [0, 0.05) is 37.3 Å². The van der Waals surface area contributed by atoms with Gasteiger partial charge in [-0.15, -0.1) is 0 Å². The molecule has 136 valence electrons. The highest BCUT2D eigenvalue weighted by Gasteiger charge is 2.43. The Morgan fingerprint density at radius 1 is 0.783 bits per heavy atom.